The van der Waals surface area contributed by atoms with Crippen LogP contribution in [-0.4, -0.2) is 13.1 Å². The van der Waals surface area contributed by atoms with E-state index in [0.717, 1.165) is 0 Å². The maximum atomic E-state index is 5.35. The molecule has 0 bridgehead atoms. The zero-order valence-electron chi connectivity index (χ0n) is 11.4. The van der Waals surface area contributed by atoms with Crippen molar-refractivity contribution in [3.63, 3.8) is 0 Å². The standard InChI is InChI=1S/C8H19N.C7H9N/c1-3-5-7-9-8-6-4-2;8-6-7-4-2-1-3-5-7/h9H,3-8H2,1-2H3;1-5H,6,8H2. The van der Waals surface area contributed by atoms with Crippen LogP contribution in [0.4, 0.5) is 0 Å². The van der Waals surface area contributed by atoms with Gasteiger partial charge in [-0.3, -0.25) is 0 Å². The summed E-state index contributed by atoms with van der Waals surface area (Å²) in [5.41, 5.74) is 6.54. The third-order valence-electron chi connectivity index (χ3n) is 2.49. The van der Waals surface area contributed by atoms with E-state index in [9.17, 15) is 0 Å². The first-order valence-corrected chi connectivity index (χ1v) is 6.79. The van der Waals surface area contributed by atoms with Gasteiger partial charge in [-0.25, -0.2) is 0 Å². The van der Waals surface area contributed by atoms with Crippen LogP contribution in [0.15, 0.2) is 30.3 Å². The number of benzene rings is 1. The Morgan fingerprint density at radius 3 is 1.82 bits per heavy atom. The van der Waals surface area contributed by atoms with Crippen molar-refractivity contribution in [3.8, 4) is 0 Å². The second kappa shape index (κ2) is 13.2. The summed E-state index contributed by atoms with van der Waals surface area (Å²) in [6.07, 6.45) is 5.26. The smallest absolute Gasteiger partial charge is 0.0178 e. The maximum absolute atomic E-state index is 5.35. The fraction of sp³-hybridized carbons (Fsp3) is 0.600. The van der Waals surface area contributed by atoms with Gasteiger partial charge in [-0.1, -0.05) is 57.0 Å². The van der Waals surface area contributed by atoms with Gasteiger partial charge >= 0.3 is 0 Å². The fourth-order valence-corrected chi connectivity index (χ4v) is 1.34. The minimum absolute atomic E-state index is 0.640. The van der Waals surface area contributed by atoms with Crippen molar-refractivity contribution in [1.29, 1.82) is 0 Å². The van der Waals surface area contributed by atoms with Crippen molar-refractivity contribution in [2.75, 3.05) is 13.1 Å². The highest BCUT2D eigenvalue weighted by Gasteiger charge is 1.83. The molecule has 98 valence electrons. The van der Waals surface area contributed by atoms with Crippen molar-refractivity contribution in [1.82, 2.24) is 5.32 Å². The quantitative estimate of drug-likeness (QED) is 0.713. The van der Waals surface area contributed by atoms with E-state index in [1.165, 1.54) is 44.3 Å². The summed E-state index contributed by atoms with van der Waals surface area (Å²) in [6, 6.07) is 9.99. The van der Waals surface area contributed by atoms with Crippen molar-refractivity contribution >= 4 is 0 Å². The Morgan fingerprint density at radius 1 is 0.941 bits per heavy atom. The van der Waals surface area contributed by atoms with Gasteiger partial charge in [0.15, 0.2) is 0 Å². The van der Waals surface area contributed by atoms with Crippen LogP contribution in [0.5, 0.6) is 0 Å². The Balaban J connectivity index is 0.000000302. The first-order chi connectivity index (χ1) is 8.35. The third kappa shape index (κ3) is 11.4. The molecule has 17 heavy (non-hydrogen) atoms. The van der Waals surface area contributed by atoms with E-state index < -0.39 is 0 Å². The van der Waals surface area contributed by atoms with E-state index >= 15 is 0 Å². The summed E-state index contributed by atoms with van der Waals surface area (Å²) >= 11 is 0. The summed E-state index contributed by atoms with van der Waals surface area (Å²) in [5.74, 6) is 0. The molecule has 0 heterocycles. The molecular formula is C15H28N2. The van der Waals surface area contributed by atoms with Gasteiger partial charge in [0.05, 0.1) is 0 Å². The van der Waals surface area contributed by atoms with Crippen molar-refractivity contribution in [3.05, 3.63) is 35.9 Å². The lowest BCUT2D eigenvalue weighted by Gasteiger charge is -1.99. The molecule has 0 saturated carbocycles. The van der Waals surface area contributed by atoms with Crippen LogP contribution in [-0.2, 0) is 6.54 Å². The van der Waals surface area contributed by atoms with Crippen molar-refractivity contribution < 1.29 is 0 Å². The molecule has 0 aliphatic rings. The third-order valence-corrected chi connectivity index (χ3v) is 2.49. The Kier molecular flexibility index (Phi) is 12.5. The number of nitrogens with one attached hydrogen (secondary N) is 1. The number of unbranched alkanes of at least 4 members (excludes halogenated alkanes) is 2. The van der Waals surface area contributed by atoms with E-state index in [1.807, 2.05) is 30.3 Å². The number of hydrogen-bond donors (Lipinski definition) is 2. The van der Waals surface area contributed by atoms with Crippen LogP contribution >= 0.6 is 0 Å². The second-order valence-corrected chi connectivity index (χ2v) is 4.15. The Bertz CT molecular complexity index is 228. The number of rotatable bonds is 7. The normalized spacial score (nSPS) is 9.59. The highest BCUT2D eigenvalue weighted by atomic mass is 14.8. The zero-order valence-corrected chi connectivity index (χ0v) is 11.4. The van der Waals surface area contributed by atoms with Gasteiger partial charge in [0.2, 0.25) is 0 Å². The predicted molar refractivity (Wildman–Crippen MR) is 77.0 cm³/mol. The van der Waals surface area contributed by atoms with Gasteiger partial charge in [0, 0.05) is 6.54 Å². The summed E-state index contributed by atoms with van der Waals surface area (Å²) < 4.78 is 0. The summed E-state index contributed by atoms with van der Waals surface area (Å²) in [7, 11) is 0. The SMILES string of the molecule is CCCCNCCCC.NCc1ccccc1. The molecule has 0 unspecified atom stereocenters. The second-order valence-electron chi connectivity index (χ2n) is 4.15. The van der Waals surface area contributed by atoms with Crippen molar-refractivity contribution in [2.45, 2.75) is 46.1 Å². The van der Waals surface area contributed by atoms with E-state index in [-0.39, 0.29) is 0 Å². The zero-order chi connectivity index (χ0) is 12.8. The molecule has 3 N–H and O–H groups in total. The van der Waals surface area contributed by atoms with Crippen LogP contribution < -0.4 is 11.1 Å². The lowest BCUT2D eigenvalue weighted by atomic mass is 10.2. The summed E-state index contributed by atoms with van der Waals surface area (Å²) in [6.45, 7) is 7.50. The van der Waals surface area contributed by atoms with E-state index in [1.54, 1.807) is 0 Å². The van der Waals surface area contributed by atoms with Gasteiger partial charge in [-0.15, -0.1) is 0 Å². The largest absolute Gasteiger partial charge is 0.326 e. The Labute approximate surface area is 107 Å². The molecule has 2 nitrogen and oxygen atoms in total. The van der Waals surface area contributed by atoms with E-state index in [2.05, 4.69) is 19.2 Å². The first kappa shape index (κ1) is 16.1. The van der Waals surface area contributed by atoms with Crippen LogP contribution in [0.2, 0.25) is 0 Å². The Hall–Kier alpha value is -0.860. The van der Waals surface area contributed by atoms with E-state index in [4.69, 9.17) is 5.73 Å². The predicted octanol–water partition coefficient (Wildman–Crippen LogP) is 3.32. The number of nitrogens with two attached hydrogens (primary N) is 1. The maximum Gasteiger partial charge on any atom is 0.0178 e. The highest BCUT2D eigenvalue weighted by molar-refractivity contribution is 5.13. The molecule has 0 aliphatic carbocycles. The minimum Gasteiger partial charge on any atom is -0.326 e. The van der Waals surface area contributed by atoms with Crippen LogP contribution in [0, 0.1) is 0 Å². The molecule has 1 aromatic rings. The molecule has 0 aliphatic heterocycles. The molecule has 0 radical (unpaired) electrons. The van der Waals surface area contributed by atoms with Gasteiger partial charge < -0.3 is 11.1 Å². The van der Waals surface area contributed by atoms with Crippen LogP contribution in [0.3, 0.4) is 0 Å². The molecule has 0 amide bonds. The van der Waals surface area contributed by atoms with Crippen molar-refractivity contribution in [2.24, 2.45) is 5.73 Å². The van der Waals surface area contributed by atoms with Gasteiger partial charge in [0.25, 0.3) is 0 Å². The lowest BCUT2D eigenvalue weighted by Crippen LogP contribution is -2.15. The molecule has 0 aromatic heterocycles. The highest BCUT2D eigenvalue weighted by Crippen LogP contribution is 1.94. The molecule has 0 fully saturated rings. The van der Waals surface area contributed by atoms with E-state index in [0.29, 0.717) is 6.54 Å². The molecule has 0 saturated heterocycles. The van der Waals surface area contributed by atoms with Crippen LogP contribution in [0.25, 0.3) is 0 Å². The van der Waals surface area contributed by atoms with Gasteiger partial charge in [-0.05, 0) is 31.5 Å². The minimum atomic E-state index is 0.640. The molecule has 0 atom stereocenters. The average molecular weight is 236 g/mol. The topological polar surface area (TPSA) is 38.0 Å². The summed E-state index contributed by atoms with van der Waals surface area (Å²) in [5, 5.41) is 3.39. The molecule has 2 heteroatoms. The first-order valence-electron chi connectivity index (χ1n) is 6.79. The molecule has 1 aromatic carbocycles. The average Bonchev–Trinajstić information content (AvgIpc) is 2.40. The Morgan fingerprint density at radius 2 is 1.47 bits per heavy atom. The fourth-order valence-electron chi connectivity index (χ4n) is 1.34. The summed E-state index contributed by atoms with van der Waals surface area (Å²) in [4.78, 5) is 0. The van der Waals surface area contributed by atoms with Crippen LogP contribution in [0.1, 0.15) is 45.1 Å². The molecule has 0 spiro atoms. The van der Waals surface area contributed by atoms with Gasteiger partial charge in [-0.2, -0.15) is 0 Å². The monoisotopic (exact) mass is 236 g/mol. The van der Waals surface area contributed by atoms with Gasteiger partial charge in [0.1, 0.15) is 0 Å². The molecular weight excluding hydrogens is 208 g/mol. The number of hydrogen-bond acceptors (Lipinski definition) is 2. The lowest BCUT2D eigenvalue weighted by molar-refractivity contribution is 0.611. The molecule has 1 rings (SSSR count).